The molecule has 9 heteroatoms. The molecule has 0 aromatic heterocycles. The number of hydrogen-bond donors (Lipinski definition) is 0. The number of ether oxygens (including phenoxy) is 1. The van der Waals surface area contributed by atoms with Crippen LogP contribution in [0.3, 0.4) is 0 Å². The van der Waals surface area contributed by atoms with Crippen LogP contribution in [-0.4, -0.2) is 21.0 Å². The predicted octanol–water partition coefficient (Wildman–Crippen LogP) is 5.53. The summed E-state index contributed by atoms with van der Waals surface area (Å²) < 4.78 is 94.6. The molecule has 0 amide bonds. The number of benzene rings is 2. The number of methoxy groups -OCH3 is 1. The quantitative estimate of drug-likeness (QED) is 0.585. The van der Waals surface area contributed by atoms with E-state index in [1.807, 2.05) is 12.2 Å². The normalized spacial score (nSPS) is 17.7. The van der Waals surface area contributed by atoms with Crippen LogP contribution in [0.5, 0.6) is 5.75 Å². The van der Waals surface area contributed by atoms with E-state index in [9.17, 15) is 30.4 Å². The van der Waals surface area contributed by atoms with Crippen molar-refractivity contribution in [3.8, 4) is 5.75 Å². The fourth-order valence-electron chi connectivity index (χ4n) is 3.54. The van der Waals surface area contributed by atoms with Crippen molar-refractivity contribution in [2.75, 3.05) is 7.11 Å². The molecular formula is C21H15F5O3S. The van der Waals surface area contributed by atoms with E-state index in [-0.39, 0.29) is 11.0 Å². The number of sulfone groups is 1. The Labute approximate surface area is 169 Å². The summed E-state index contributed by atoms with van der Waals surface area (Å²) in [6.07, 6.45) is 5.45. The molecule has 30 heavy (non-hydrogen) atoms. The number of allylic oxidation sites excluding steroid dienone is 4. The molecule has 1 fully saturated rings. The highest BCUT2D eigenvalue weighted by atomic mass is 32.2. The van der Waals surface area contributed by atoms with Gasteiger partial charge in [-0.25, -0.2) is 17.2 Å². The van der Waals surface area contributed by atoms with Gasteiger partial charge in [0, 0.05) is 5.41 Å². The van der Waals surface area contributed by atoms with E-state index in [0.29, 0.717) is 16.7 Å². The van der Waals surface area contributed by atoms with E-state index in [1.54, 1.807) is 0 Å². The molecular weight excluding hydrogens is 427 g/mol. The number of hydrogen-bond acceptors (Lipinski definition) is 3. The molecule has 2 aromatic rings. The van der Waals surface area contributed by atoms with Crippen LogP contribution >= 0.6 is 0 Å². The standard InChI is InChI=1S/C21H15F5O3S/c1-29-19-17(22)8-13(9-18(19)23)16-11-20(6-7-20)10-15(16)12-2-4-14(5-3-12)30(27,28)21(24,25)26/h2-5,8-11H,6-7H2,1H3. The molecule has 4 rings (SSSR count). The summed E-state index contributed by atoms with van der Waals surface area (Å²) >= 11 is 0. The van der Waals surface area contributed by atoms with Gasteiger partial charge in [0.25, 0.3) is 9.84 Å². The van der Waals surface area contributed by atoms with Crippen molar-refractivity contribution in [2.24, 2.45) is 5.41 Å². The summed E-state index contributed by atoms with van der Waals surface area (Å²) in [6, 6.07) is 6.54. The summed E-state index contributed by atoms with van der Waals surface area (Å²) in [7, 11) is -4.31. The van der Waals surface area contributed by atoms with Crippen molar-refractivity contribution in [1.82, 2.24) is 0 Å². The third-order valence-electron chi connectivity index (χ3n) is 5.27. The first-order valence-corrected chi connectivity index (χ1v) is 10.4. The second kappa shape index (κ2) is 6.66. The molecule has 1 spiro atoms. The molecule has 2 aliphatic carbocycles. The van der Waals surface area contributed by atoms with Crippen LogP contribution in [0.15, 0.2) is 53.4 Å². The second-order valence-corrected chi connectivity index (χ2v) is 9.24. The van der Waals surface area contributed by atoms with Gasteiger partial charge in [0.15, 0.2) is 17.4 Å². The molecule has 0 atom stereocenters. The van der Waals surface area contributed by atoms with Crippen LogP contribution in [0.1, 0.15) is 24.0 Å². The lowest BCUT2D eigenvalue weighted by atomic mass is 9.95. The third-order valence-corrected chi connectivity index (χ3v) is 6.78. The van der Waals surface area contributed by atoms with E-state index in [0.717, 1.165) is 44.2 Å². The first kappa shape index (κ1) is 20.6. The molecule has 0 unspecified atom stereocenters. The van der Waals surface area contributed by atoms with Gasteiger partial charge in [-0.05, 0) is 59.4 Å². The summed E-state index contributed by atoms with van der Waals surface area (Å²) in [4.78, 5) is -0.870. The van der Waals surface area contributed by atoms with Gasteiger partial charge in [-0.3, -0.25) is 0 Å². The van der Waals surface area contributed by atoms with Crippen LogP contribution in [0.25, 0.3) is 11.1 Å². The fourth-order valence-corrected chi connectivity index (χ4v) is 4.30. The van der Waals surface area contributed by atoms with E-state index in [2.05, 4.69) is 0 Å². The molecule has 0 radical (unpaired) electrons. The summed E-state index contributed by atoms with van der Waals surface area (Å²) in [6.45, 7) is 0. The van der Waals surface area contributed by atoms with E-state index >= 15 is 0 Å². The van der Waals surface area contributed by atoms with Gasteiger partial charge in [-0.15, -0.1) is 0 Å². The van der Waals surface area contributed by atoms with E-state index in [4.69, 9.17) is 4.74 Å². The zero-order valence-corrected chi connectivity index (χ0v) is 16.4. The maximum Gasteiger partial charge on any atom is 0.501 e. The van der Waals surface area contributed by atoms with Crippen molar-refractivity contribution in [1.29, 1.82) is 0 Å². The molecule has 3 nitrogen and oxygen atoms in total. The lowest BCUT2D eigenvalue weighted by molar-refractivity contribution is -0.0436. The number of alkyl halides is 3. The monoisotopic (exact) mass is 442 g/mol. The van der Waals surface area contributed by atoms with Crippen molar-refractivity contribution in [3.05, 3.63) is 71.3 Å². The minimum Gasteiger partial charge on any atom is -0.491 e. The first-order valence-electron chi connectivity index (χ1n) is 8.89. The first-order chi connectivity index (χ1) is 14.0. The van der Waals surface area contributed by atoms with Crippen LogP contribution in [0.2, 0.25) is 0 Å². The minimum absolute atomic E-state index is 0.256. The van der Waals surface area contributed by atoms with Gasteiger partial charge in [0.2, 0.25) is 0 Å². The second-order valence-electron chi connectivity index (χ2n) is 7.30. The smallest absolute Gasteiger partial charge is 0.491 e. The van der Waals surface area contributed by atoms with Crippen molar-refractivity contribution >= 4 is 21.0 Å². The lowest BCUT2D eigenvalue weighted by Crippen LogP contribution is -2.23. The Morgan fingerprint density at radius 1 is 0.900 bits per heavy atom. The van der Waals surface area contributed by atoms with Crippen molar-refractivity contribution in [3.63, 3.8) is 0 Å². The maximum atomic E-state index is 14.2. The fraction of sp³-hybridized carbons (Fsp3) is 0.238. The molecule has 158 valence electrons. The molecule has 0 aliphatic heterocycles. The molecule has 0 bridgehead atoms. The Hall–Kier alpha value is -2.68. The van der Waals surface area contributed by atoms with Gasteiger partial charge in [0.05, 0.1) is 12.0 Å². The topological polar surface area (TPSA) is 43.4 Å². The Kier molecular flexibility index (Phi) is 4.57. The van der Waals surface area contributed by atoms with Gasteiger partial charge in [-0.2, -0.15) is 13.2 Å². The summed E-state index contributed by atoms with van der Waals surface area (Å²) in [5, 5.41) is 0. The minimum atomic E-state index is -5.46. The highest BCUT2D eigenvalue weighted by molar-refractivity contribution is 7.92. The van der Waals surface area contributed by atoms with Gasteiger partial charge in [-0.1, -0.05) is 24.3 Å². The Morgan fingerprint density at radius 3 is 1.83 bits per heavy atom. The SMILES string of the molecule is COc1c(F)cc(C2=CC3(C=C2c2ccc(S(=O)(=O)C(F)(F)F)cc2)CC3)cc1F. The molecule has 0 heterocycles. The summed E-state index contributed by atoms with van der Waals surface area (Å²) in [5.41, 5.74) is -3.85. The highest BCUT2D eigenvalue weighted by Crippen LogP contribution is 2.58. The Morgan fingerprint density at radius 2 is 1.40 bits per heavy atom. The third kappa shape index (κ3) is 3.30. The Balaban J connectivity index is 1.75. The molecule has 2 aliphatic rings. The number of halogens is 5. The van der Waals surface area contributed by atoms with Crippen LogP contribution in [0, 0.1) is 17.0 Å². The molecule has 1 saturated carbocycles. The van der Waals surface area contributed by atoms with Crippen LogP contribution in [0.4, 0.5) is 22.0 Å². The number of rotatable bonds is 4. The average Bonchev–Trinajstić information content (AvgIpc) is 3.31. The largest absolute Gasteiger partial charge is 0.501 e. The van der Waals surface area contributed by atoms with Gasteiger partial charge in [0.1, 0.15) is 0 Å². The summed E-state index contributed by atoms with van der Waals surface area (Å²) in [5.74, 6) is -2.27. The molecule has 2 aromatic carbocycles. The van der Waals surface area contributed by atoms with Gasteiger partial charge < -0.3 is 4.74 Å². The maximum absolute atomic E-state index is 14.2. The van der Waals surface area contributed by atoms with Gasteiger partial charge >= 0.3 is 5.51 Å². The predicted molar refractivity (Wildman–Crippen MR) is 100 cm³/mol. The van der Waals surface area contributed by atoms with Crippen LogP contribution < -0.4 is 4.74 Å². The van der Waals surface area contributed by atoms with E-state index < -0.39 is 37.6 Å². The zero-order valence-electron chi connectivity index (χ0n) is 15.6. The van der Waals surface area contributed by atoms with Crippen molar-refractivity contribution in [2.45, 2.75) is 23.2 Å². The van der Waals surface area contributed by atoms with E-state index in [1.165, 1.54) is 12.1 Å². The van der Waals surface area contributed by atoms with Crippen LogP contribution in [-0.2, 0) is 9.84 Å². The lowest BCUT2D eigenvalue weighted by Gasteiger charge is -2.13. The highest BCUT2D eigenvalue weighted by Gasteiger charge is 2.47. The van der Waals surface area contributed by atoms with Crippen molar-refractivity contribution < 1.29 is 35.1 Å². The molecule has 0 saturated heterocycles. The average molecular weight is 442 g/mol. The zero-order chi connectivity index (χ0) is 21.9. The molecule has 0 N–H and O–H groups in total. The Bertz CT molecular complexity index is 1170.